The molecule has 0 atom stereocenters. The Morgan fingerprint density at radius 3 is 2.26 bits per heavy atom. The first kappa shape index (κ1) is 14.0. The van der Waals surface area contributed by atoms with E-state index < -0.39 is 0 Å². The molecule has 0 unspecified atom stereocenters. The molecule has 112 valence electrons. The summed E-state index contributed by atoms with van der Waals surface area (Å²) in [5, 5.41) is 3.81. The number of pyridine rings is 1. The van der Waals surface area contributed by atoms with Crippen molar-refractivity contribution in [2.45, 2.75) is 20.8 Å². The largest absolute Gasteiger partial charge is 0.247 e. The van der Waals surface area contributed by atoms with Gasteiger partial charge in [0.15, 0.2) is 0 Å². The molecule has 1 heterocycles. The zero-order chi connectivity index (χ0) is 16.0. The second kappa shape index (κ2) is 5.20. The van der Waals surface area contributed by atoms with Crippen molar-refractivity contribution in [1.29, 1.82) is 0 Å². The third kappa shape index (κ3) is 2.20. The van der Waals surface area contributed by atoms with Gasteiger partial charge in [-0.25, -0.2) is 4.98 Å². The summed E-state index contributed by atoms with van der Waals surface area (Å²) in [6, 6.07) is 21.5. The summed E-state index contributed by atoms with van der Waals surface area (Å²) in [6.07, 6.45) is 0. The molecule has 0 radical (unpaired) electrons. The molecule has 4 rings (SSSR count). The van der Waals surface area contributed by atoms with Crippen molar-refractivity contribution >= 4 is 21.7 Å². The maximum absolute atomic E-state index is 5.06. The zero-order valence-corrected chi connectivity index (χ0v) is 13.7. The molecule has 0 bridgehead atoms. The fraction of sp³-hybridized carbons (Fsp3) is 0.136. The number of hydrogen-bond acceptors (Lipinski definition) is 1. The van der Waals surface area contributed by atoms with Gasteiger partial charge in [-0.15, -0.1) is 0 Å². The number of hydrogen-bond donors (Lipinski definition) is 0. The van der Waals surface area contributed by atoms with E-state index in [1.165, 1.54) is 38.4 Å². The Morgan fingerprint density at radius 1 is 0.696 bits per heavy atom. The molecule has 0 fully saturated rings. The van der Waals surface area contributed by atoms with Crippen LogP contribution < -0.4 is 0 Å². The fourth-order valence-electron chi connectivity index (χ4n) is 3.51. The first-order valence-electron chi connectivity index (χ1n) is 8.01. The molecule has 1 aromatic heterocycles. The Balaban J connectivity index is 2.25. The molecule has 0 spiro atoms. The fourth-order valence-corrected chi connectivity index (χ4v) is 3.51. The van der Waals surface area contributed by atoms with Gasteiger partial charge in [0.05, 0.1) is 11.2 Å². The smallest absolute Gasteiger partial charge is 0.0788 e. The van der Waals surface area contributed by atoms with E-state index in [1.807, 2.05) is 6.07 Å². The maximum atomic E-state index is 5.06. The Bertz CT molecular complexity index is 1030. The third-order valence-corrected chi connectivity index (χ3v) is 4.51. The quantitative estimate of drug-likeness (QED) is 0.394. The average Bonchev–Trinajstić information content (AvgIpc) is 2.55. The molecule has 23 heavy (non-hydrogen) atoms. The molecule has 1 nitrogen and oxygen atoms in total. The van der Waals surface area contributed by atoms with Crippen molar-refractivity contribution in [1.82, 2.24) is 4.98 Å². The van der Waals surface area contributed by atoms with Crippen molar-refractivity contribution in [2.75, 3.05) is 0 Å². The lowest BCUT2D eigenvalue weighted by atomic mass is 9.95. The summed E-state index contributed by atoms with van der Waals surface area (Å²) in [6.45, 7) is 6.50. The van der Waals surface area contributed by atoms with Crippen LogP contribution in [0.25, 0.3) is 32.9 Å². The highest BCUT2D eigenvalue weighted by Crippen LogP contribution is 2.35. The van der Waals surface area contributed by atoms with Crippen molar-refractivity contribution in [3.05, 3.63) is 77.4 Å². The van der Waals surface area contributed by atoms with E-state index in [1.54, 1.807) is 0 Å². The standard InChI is InChI=1S/C22H19N/c1-14-12-16(3)21-19(13-14)20-15(2)8-7-11-18(20)22(23-21)17-9-5-4-6-10-17/h4-13H,1-3H3. The lowest BCUT2D eigenvalue weighted by Crippen LogP contribution is -1.94. The van der Waals surface area contributed by atoms with Gasteiger partial charge in [0.25, 0.3) is 0 Å². The van der Waals surface area contributed by atoms with Crippen LogP contribution in [0, 0.1) is 20.8 Å². The first-order valence-corrected chi connectivity index (χ1v) is 8.01. The SMILES string of the molecule is Cc1cc(C)c2nc(-c3ccccc3)c3cccc(C)c3c2c1. The number of aryl methyl sites for hydroxylation is 3. The van der Waals surface area contributed by atoms with E-state index >= 15 is 0 Å². The van der Waals surface area contributed by atoms with Gasteiger partial charge in [-0.3, -0.25) is 0 Å². The Morgan fingerprint density at radius 2 is 1.48 bits per heavy atom. The van der Waals surface area contributed by atoms with Gasteiger partial charge in [0.2, 0.25) is 0 Å². The van der Waals surface area contributed by atoms with Crippen molar-refractivity contribution < 1.29 is 0 Å². The topological polar surface area (TPSA) is 12.9 Å². The molecule has 0 aliphatic carbocycles. The second-order valence-electron chi connectivity index (χ2n) is 6.30. The number of nitrogens with zero attached hydrogens (tertiary/aromatic N) is 1. The Labute approximate surface area is 136 Å². The summed E-state index contributed by atoms with van der Waals surface area (Å²) in [4.78, 5) is 5.06. The summed E-state index contributed by atoms with van der Waals surface area (Å²) in [5.41, 5.74) is 7.18. The van der Waals surface area contributed by atoms with Crippen LogP contribution in [-0.4, -0.2) is 4.98 Å². The molecular formula is C22H19N. The van der Waals surface area contributed by atoms with Gasteiger partial charge in [-0.2, -0.15) is 0 Å². The molecule has 1 heteroatoms. The van der Waals surface area contributed by atoms with E-state index in [-0.39, 0.29) is 0 Å². The van der Waals surface area contributed by atoms with Crippen LogP contribution in [0.4, 0.5) is 0 Å². The highest BCUT2D eigenvalue weighted by atomic mass is 14.7. The number of fused-ring (bicyclic) bond motifs is 3. The molecule has 0 saturated heterocycles. The van der Waals surface area contributed by atoms with Gasteiger partial charge in [-0.1, -0.05) is 60.2 Å². The predicted octanol–water partition coefficient (Wildman–Crippen LogP) is 5.98. The molecule has 0 aliphatic rings. The van der Waals surface area contributed by atoms with E-state index in [4.69, 9.17) is 4.98 Å². The summed E-state index contributed by atoms with van der Waals surface area (Å²) in [7, 11) is 0. The molecule has 0 amide bonds. The predicted molar refractivity (Wildman–Crippen MR) is 98.9 cm³/mol. The second-order valence-corrected chi connectivity index (χ2v) is 6.30. The van der Waals surface area contributed by atoms with E-state index in [2.05, 4.69) is 75.4 Å². The highest BCUT2D eigenvalue weighted by molar-refractivity contribution is 6.13. The first-order chi connectivity index (χ1) is 11.1. The molecular weight excluding hydrogens is 278 g/mol. The van der Waals surface area contributed by atoms with Crippen LogP contribution in [0.1, 0.15) is 16.7 Å². The molecule has 0 saturated carbocycles. The molecule has 3 aromatic carbocycles. The Kier molecular flexibility index (Phi) is 3.16. The minimum Gasteiger partial charge on any atom is -0.247 e. The summed E-state index contributed by atoms with van der Waals surface area (Å²) >= 11 is 0. The van der Waals surface area contributed by atoms with Gasteiger partial charge in [-0.05, 0) is 43.4 Å². The normalized spacial score (nSPS) is 11.3. The van der Waals surface area contributed by atoms with Gasteiger partial charge < -0.3 is 0 Å². The highest BCUT2D eigenvalue weighted by Gasteiger charge is 2.13. The van der Waals surface area contributed by atoms with Crippen LogP contribution in [-0.2, 0) is 0 Å². The van der Waals surface area contributed by atoms with Gasteiger partial charge in [0, 0.05) is 16.3 Å². The van der Waals surface area contributed by atoms with E-state index in [9.17, 15) is 0 Å². The molecule has 0 aliphatic heterocycles. The minimum absolute atomic E-state index is 1.07. The van der Waals surface area contributed by atoms with Crippen molar-refractivity contribution in [3.8, 4) is 11.3 Å². The van der Waals surface area contributed by atoms with Crippen LogP contribution in [0.5, 0.6) is 0 Å². The number of benzene rings is 3. The van der Waals surface area contributed by atoms with Crippen molar-refractivity contribution in [2.24, 2.45) is 0 Å². The van der Waals surface area contributed by atoms with Crippen LogP contribution in [0.15, 0.2) is 60.7 Å². The van der Waals surface area contributed by atoms with E-state index in [0.29, 0.717) is 0 Å². The van der Waals surface area contributed by atoms with Crippen LogP contribution in [0.2, 0.25) is 0 Å². The summed E-state index contributed by atoms with van der Waals surface area (Å²) < 4.78 is 0. The Hall–Kier alpha value is -2.67. The minimum atomic E-state index is 1.07. The number of aromatic nitrogens is 1. The van der Waals surface area contributed by atoms with E-state index in [0.717, 1.165) is 11.2 Å². The van der Waals surface area contributed by atoms with Gasteiger partial charge in [0.1, 0.15) is 0 Å². The van der Waals surface area contributed by atoms with Crippen molar-refractivity contribution in [3.63, 3.8) is 0 Å². The lowest BCUT2D eigenvalue weighted by molar-refractivity contribution is 1.35. The maximum Gasteiger partial charge on any atom is 0.0788 e. The van der Waals surface area contributed by atoms with Crippen LogP contribution in [0.3, 0.4) is 0 Å². The summed E-state index contributed by atoms with van der Waals surface area (Å²) in [5.74, 6) is 0. The van der Waals surface area contributed by atoms with Gasteiger partial charge >= 0.3 is 0 Å². The zero-order valence-electron chi connectivity index (χ0n) is 13.7. The third-order valence-electron chi connectivity index (χ3n) is 4.51. The number of rotatable bonds is 1. The monoisotopic (exact) mass is 297 g/mol. The molecule has 4 aromatic rings. The van der Waals surface area contributed by atoms with Crippen LogP contribution >= 0.6 is 0 Å². The average molecular weight is 297 g/mol. The molecule has 0 N–H and O–H groups in total. The lowest BCUT2D eigenvalue weighted by Gasteiger charge is -2.14.